The van der Waals surface area contributed by atoms with Crippen molar-refractivity contribution in [1.82, 2.24) is 10.4 Å². The molecule has 3 rings (SSSR count). The van der Waals surface area contributed by atoms with E-state index in [0.29, 0.717) is 17.3 Å². The van der Waals surface area contributed by atoms with Gasteiger partial charge in [0.25, 0.3) is 5.91 Å². The van der Waals surface area contributed by atoms with Gasteiger partial charge >= 0.3 is 0 Å². The Morgan fingerprint density at radius 3 is 2.58 bits per heavy atom. The summed E-state index contributed by atoms with van der Waals surface area (Å²) in [6.07, 6.45) is 3.11. The van der Waals surface area contributed by atoms with Gasteiger partial charge in [0.15, 0.2) is 0 Å². The van der Waals surface area contributed by atoms with Gasteiger partial charge in [0.1, 0.15) is 18.1 Å². The van der Waals surface area contributed by atoms with Crippen molar-refractivity contribution in [3.63, 3.8) is 0 Å². The second-order valence-corrected chi connectivity index (χ2v) is 5.77. The lowest BCUT2D eigenvalue weighted by Gasteiger charge is -2.07. The fourth-order valence-corrected chi connectivity index (χ4v) is 2.34. The Kier molecular flexibility index (Phi) is 5.96. The highest BCUT2D eigenvalue weighted by Crippen LogP contribution is 2.18. The zero-order chi connectivity index (χ0) is 18.2. The second kappa shape index (κ2) is 8.78. The quantitative estimate of drug-likeness (QED) is 0.529. The van der Waals surface area contributed by atoms with Gasteiger partial charge in [0, 0.05) is 16.8 Å². The molecule has 1 aromatic heterocycles. The topological polar surface area (TPSA) is 63.6 Å². The number of aromatic nitrogens is 1. The molecule has 0 unspecified atom stereocenters. The number of carbonyl (C=O) groups excluding carboxylic acids is 1. The Labute approximate surface area is 156 Å². The number of pyridine rings is 1. The number of halogens is 1. The minimum absolute atomic E-state index is 0.313. The molecule has 6 heteroatoms. The number of ether oxygens (including phenoxy) is 1. The van der Waals surface area contributed by atoms with Gasteiger partial charge in [-0.1, -0.05) is 35.9 Å². The zero-order valence-corrected chi connectivity index (χ0v) is 14.6. The summed E-state index contributed by atoms with van der Waals surface area (Å²) in [6, 6.07) is 20.0. The molecule has 130 valence electrons. The Hall–Kier alpha value is -3.18. The minimum Gasteiger partial charge on any atom is -0.489 e. The van der Waals surface area contributed by atoms with Crippen molar-refractivity contribution in [2.24, 2.45) is 5.10 Å². The number of nitrogens with one attached hydrogen (secondary N) is 1. The molecule has 0 saturated heterocycles. The molecule has 2 aromatic carbocycles. The third-order valence-corrected chi connectivity index (χ3v) is 3.88. The van der Waals surface area contributed by atoms with E-state index in [1.165, 1.54) is 0 Å². The number of hydrogen-bond acceptors (Lipinski definition) is 4. The monoisotopic (exact) mass is 365 g/mol. The molecular weight excluding hydrogens is 350 g/mol. The first kappa shape index (κ1) is 17.6. The zero-order valence-electron chi connectivity index (χ0n) is 13.8. The lowest BCUT2D eigenvalue weighted by atomic mass is 10.2. The van der Waals surface area contributed by atoms with Crippen molar-refractivity contribution in [3.05, 3.63) is 94.8 Å². The van der Waals surface area contributed by atoms with Crippen molar-refractivity contribution in [2.45, 2.75) is 6.61 Å². The van der Waals surface area contributed by atoms with Gasteiger partial charge in [-0.15, -0.1) is 0 Å². The summed E-state index contributed by atoms with van der Waals surface area (Å²) in [5, 5.41) is 4.61. The molecule has 0 aliphatic carbocycles. The minimum atomic E-state index is -0.360. The Balaban J connectivity index is 1.53. The summed E-state index contributed by atoms with van der Waals surface area (Å²) in [5.74, 6) is 0.362. The van der Waals surface area contributed by atoms with E-state index in [1.54, 1.807) is 30.6 Å². The van der Waals surface area contributed by atoms with Crippen LogP contribution in [0.2, 0.25) is 5.02 Å². The molecule has 26 heavy (non-hydrogen) atoms. The van der Waals surface area contributed by atoms with Crippen molar-refractivity contribution in [3.8, 4) is 5.75 Å². The normalized spacial score (nSPS) is 10.7. The maximum atomic E-state index is 11.8. The van der Waals surface area contributed by atoms with Crippen LogP contribution in [0.25, 0.3) is 0 Å². The molecule has 5 nitrogen and oxygen atoms in total. The summed E-state index contributed by atoms with van der Waals surface area (Å²) in [7, 11) is 0. The average molecular weight is 366 g/mol. The fourth-order valence-electron chi connectivity index (χ4n) is 2.15. The largest absolute Gasteiger partial charge is 0.489 e. The van der Waals surface area contributed by atoms with E-state index >= 15 is 0 Å². The molecule has 1 N–H and O–H groups in total. The highest BCUT2D eigenvalue weighted by molar-refractivity contribution is 6.31. The molecule has 0 radical (unpaired) electrons. The molecular formula is C20H16ClN3O2. The van der Waals surface area contributed by atoms with E-state index in [9.17, 15) is 4.79 Å². The van der Waals surface area contributed by atoms with Gasteiger partial charge in [-0.2, -0.15) is 5.10 Å². The average Bonchev–Trinajstić information content (AvgIpc) is 2.69. The summed E-state index contributed by atoms with van der Waals surface area (Å²) >= 11 is 6.11. The highest BCUT2D eigenvalue weighted by Gasteiger charge is 2.03. The van der Waals surface area contributed by atoms with Crippen molar-refractivity contribution >= 4 is 23.7 Å². The van der Waals surface area contributed by atoms with Gasteiger partial charge in [-0.05, 0) is 48.0 Å². The number of rotatable bonds is 6. The first-order valence-corrected chi connectivity index (χ1v) is 8.31. The summed E-state index contributed by atoms with van der Waals surface area (Å²) < 4.78 is 5.72. The van der Waals surface area contributed by atoms with Gasteiger partial charge in [0.05, 0.1) is 6.21 Å². The number of hydrogen-bond donors (Lipinski definition) is 1. The van der Waals surface area contributed by atoms with Crippen molar-refractivity contribution in [2.75, 3.05) is 0 Å². The van der Waals surface area contributed by atoms with Gasteiger partial charge in [-0.3, -0.25) is 9.78 Å². The molecule has 3 aromatic rings. The van der Waals surface area contributed by atoms with E-state index in [-0.39, 0.29) is 5.91 Å². The maximum Gasteiger partial charge on any atom is 0.289 e. The van der Waals surface area contributed by atoms with E-state index in [0.717, 1.165) is 16.9 Å². The van der Waals surface area contributed by atoms with Crippen LogP contribution in [0.5, 0.6) is 5.75 Å². The first-order valence-electron chi connectivity index (χ1n) is 7.93. The van der Waals surface area contributed by atoms with E-state index in [1.807, 2.05) is 48.5 Å². The van der Waals surface area contributed by atoms with Crippen LogP contribution in [0.3, 0.4) is 0 Å². The maximum absolute atomic E-state index is 11.8. The predicted molar refractivity (Wildman–Crippen MR) is 102 cm³/mol. The Bertz CT molecular complexity index is 896. The standard InChI is InChI=1S/C20H16ClN3O2/c21-18-6-2-1-5-16(18)14-26-17-10-8-15(9-11-17)13-23-24-20(25)19-7-3-4-12-22-19/h1-13H,14H2,(H,24,25)/b23-13-. The third kappa shape index (κ3) is 4.91. The lowest BCUT2D eigenvalue weighted by Crippen LogP contribution is -2.18. The number of hydrazone groups is 1. The van der Waals surface area contributed by atoms with Gasteiger partial charge in [0.2, 0.25) is 0 Å². The van der Waals surface area contributed by atoms with E-state index < -0.39 is 0 Å². The lowest BCUT2D eigenvalue weighted by molar-refractivity contribution is 0.0950. The predicted octanol–water partition coefficient (Wildman–Crippen LogP) is 4.08. The molecule has 0 bridgehead atoms. The highest BCUT2D eigenvalue weighted by atomic mass is 35.5. The van der Waals surface area contributed by atoms with Crippen LogP contribution < -0.4 is 10.2 Å². The van der Waals surface area contributed by atoms with Crippen LogP contribution in [0.15, 0.2) is 78.0 Å². The van der Waals surface area contributed by atoms with Crippen LogP contribution in [0.1, 0.15) is 21.6 Å². The summed E-state index contributed by atoms with van der Waals surface area (Å²) in [6.45, 7) is 0.396. The van der Waals surface area contributed by atoms with Crippen LogP contribution in [-0.4, -0.2) is 17.1 Å². The molecule has 0 atom stereocenters. The van der Waals surface area contributed by atoms with Crippen LogP contribution in [-0.2, 0) is 6.61 Å². The fraction of sp³-hybridized carbons (Fsp3) is 0.0500. The van der Waals surface area contributed by atoms with Crippen LogP contribution in [0.4, 0.5) is 0 Å². The molecule has 0 saturated carbocycles. The molecule has 0 aliphatic heterocycles. The van der Waals surface area contributed by atoms with Crippen molar-refractivity contribution in [1.29, 1.82) is 0 Å². The van der Waals surface area contributed by atoms with E-state index in [4.69, 9.17) is 16.3 Å². The summed E-state index contributed by atoms with van der Waals surface area (Å²) in [4.78, 5) is 15.8. The number of nitrogens with zero attached hydrogens (tertiary/aromatic N) is 2. The van der Waals surface area contributed by atoms with E-state index in [2.05, 4.69) is 15.5 Å². The Morgan fingerprint density at radius 1 is 1.08 bits per heavy atom. The van der Waals surface area contributed by atoms with Crippen LogP contribution in [0, 0.1) is 0 Å². The SMILES string of the molecule is O=C(N/N=C\c1ccc(OCc2ccccc2Cl)cc1)c1ccccn1. The Morgan fingerprint density at radius 2 is 1.85 bits per heavy atom. The molecule has 0 spiro atoms. The molecule has 1 heterocycles. The molecule has 1 amide bonds. The van der Waals surface area contributed by atoms with Crippen molar-refractivity contribution < 1.29 is 9.53 Å². The molecule has 0 aliphatic rings. The van der Waals surface area contributed by atoms with Gasteiger partial charge < -0.3 is 4.74 Å². The third-order valence-electron chi connectivity index (χ3n) is 3.51. The molecule has 0 fully saturated rings. The number of benzene rings is 2. The summed E-state index contributed by atoms with van der Waals surface area (Å²) in [5.41, 5.74) is 4.51. The second-order valence-electron chi connectivity index (χ2n) is 5.36. The van der Waals surface area contributed by atoms with Gasteiger partial charge in [-0.25, -0.2) is 5.43 Å². The number of amides is 1. The van der Waals surface area contributed by atoms with Crippen LogP contribution >= 0.6 is 11.6 Å². The smallest absolute Gasteiger partial charge is 0.289 e. The first-order chi connectivity index (χ1) is 12.7. The number of carbonyl (C=O) groups is 1.